The second-order valence-electron chi connectivity index (χ2n) is 4.66. The smallest absolute Gasteiger partial charge is 0.133 e. The normalized spacial score (nSPS) is 10.6. The summed E-state index contributed by atoms with van der Waals surface area (Å²) in [4.78, 5) is 6.72. The maximum atomic E-state index is 13.0. The lowest BCUT2D eigenvalue weighted by molar-refractivity contribution is 0.627. The molecule has 1 aromatic heterocycles. The largest absolute Gasteiger partial charge is 0.327 e. The van der Waals surface area contributed by atoms with Crippen molar-refractivity contribution < 1.29 is 4.39 Å². The summed E-state index contributed by atoms with van der Waals surface area (Å²) in [6.45, 7) is 5.65. The molecule has 1 aromatic carbocycles. The van der Waals surface area contributed by atoms with Crippen molar-refractivity contribution in [3.05, 3.63) is 53.5 Å². The van der Waals surface area contributed by atoms with Crippen molar-refractivity contribution in [3.63, 3.8) is 0 Å². The number of anilines is 2. The van der Waals surface area contributed by atoms with E-state index in [-0.39, 0.29) is 5.82 Å². The minimum absolute atomic E-state index is 0.224. The Kier molecular flexibility index (Phi) is 4.69. The second-order valence-corrected chi connectivity index (χ2v) is 4.66. The third-order valence-corrected chi connectivity index (χ3v) is 3.28. The lowest BCUT2D eigenvalue weighted by Crippen LogP contribution is -2.18. The molecule has 0 unspecified atom stereocenters. The zero-order valence-electron chi connectivity index (χ0n) is 12.2. The van der Waals surface area contributed by atoms with Crippen LogP contribution < -0.4 is 10.2 Å². The average molecular weight is 273 g/mol. The van der Waals surface area contributed by atoms with E-state index < -0.39 is 0 Å². The van der Waals surface area contributed by atoms with Gasteiger partial charge in [0.05, 0.1) is 0 Å². The standard InChI is InChI=1S/C16H20FN3/c1-4-20(15-8-6-14(17)7-9-15)16-10-5-13(11-18-3)12(2)19-16/h5-10,18H,4,11H2,1-3H3. The fourth-order valence-corrected chi connectivity index (χ4v) is 2.20. The fourth-order valence-electron chi connectivity index (χ4n) is 2.20. The fraction of sp³-hybridized carbons (Fsp3) is 0.312. The summed E-state index contributed by atoms with van der Waals surface area (Å²) >= 11 is 0. The number of nitrogens with zero attached hydrogens (tertiary/aromatic N) is 2. The van der Waals surface area contributed by atoms with Crippen molar-refractivity contribution in [1.82, 2.24) is 10.3 Å². The number of hydrogen-bond acceptors (Lipinski definition) is 3. The van der Waals surface area contributed by atoms with Crippen molar-refractivity contribution in [1.29, 1.82) is 0 Å². The number of rotatable bonds is 5. The summed E-state index contributed by atoms with van der Waals surface area (Å²) in [5, 5.41) is 3.13. The first kappa shape index (κ1) is 14.5. The van der Waals surface area contributed by atoms with Crippen molar-refractivity contribution in [2.75, 3.05) is 18.5 Å². The minimum atomic E-state index is -0.224. The van der Waals surface area contributed by atoms with Gasteiger partial charge in [-0.05, 0) is 56.8 Å². The number of pyridine rings is 1. The van der Waals surface area contributed by atoms with Crippen LogP contribution in [-0.4, -0.2) is 18.6 Å². The lowest BCUT2D eigenvalue weighted by atomic mass is 10.2. The topological polar surface area (TPSA) is 28.2 Å². The summed E-state index contributed by atoms with van der Waals surface area (Å²) in [6.07, 6.45) is 0. The van der Waals surface area contributed by atoms with Crippen LogP contribution in [0.3, 0.4) is 0 Å². The van der Waals surface area contributed by atoms with Crippen LogP contribution in [0.5, 0.6) is 0 Å². The average Bonchev–Trinajstić information content (AvgIpc) is 2.45. The second kappa shape index (κ2) is 6.48. The predicted octanol–water partition coefficient (Wildman–Crippen LogP) is 3.41. The number of aromatic nitrogens is 1. The molecular formula is C16H20FN3. The van der Waals surface area contributed by atoms with Crippen molar-refractivity contribution >= 4 is 11.5 Å². The molecule has 0 bridgehead atoms. The molecule has 4 heteroatoms. The van der Waals surface area contributed by atoms with Gasteiger partial charge in [0, 0.05) is 24.5 Å². The maximum Gasteiger partial charge on any atom is 0.133 e. The van der Waals surface area contributed by atoms with Crippen molar-refractivity contribution in [3.8, 4) is 0 Å². The Morgan fingerprint density at radius 2 is 1.85 bits per heavy atom. The first-order chi connectivity index (χ1) is 9.65. The van der Waals surface area contributed by atoms with E-state index in [9.17, 15) is 4.39 Å². The molecule has 0 aliphatic rings. The third-order valence-electron chi connectivity index (χ3n) is 3.28. The van der Waals surface area contributed by atoms with E-state index in [0.29, 0.717) is 0 Å². The molecule has 0 aliphatic carbocycles. The number of aryl methyl sites for hydroxylation is 1. The van der Waals surface area contributed by atoms with Crippen molar-refractivity contribution in [2.24, 2.45) is 0 Å². The molecule has 1 N–H and O–H groups in total. The number of benzene rings is 1. The van der Waals surface area contributed by atoms with Crippen LogP contribution in [0.2, 0.25) is 0 Å². The monoisotopic (exact) mass is 273 g/mol. The highest BCUT2D eigenvalue weighted by Crippen LogP contribution is 2.24. The van der Waals surface area contributed by atoms with Gasteiger partial charge in [-0.2, -0.15) is 0 Å². The Hall–Kier alpha value is -1.94. The first-order valence-corrected chi connectivity index (χ1v) is 6.80. The van der Waals surface area contributed by atoms with Gasteiger partial charge in [0.15, 0.2) is 0 Å². The van der Waals surface area contributed by atoms with Gasteiger partial charge in [-0.15, -0.1) is 0 Å². The molecule has 2 rings (SSSR count). The quantitative estimate of drug-likeness (QED) is 0.905. The van der Waals surface area contributed by atoms with Crippen molar-refractivity contribution in [2.45, 2.75) is 20.4 Å². The predicted molar refractivity (Wildman–Crippen MR) is 80.8 cm³/mol. The highest BCUT2D eigenvalue weighted by Gasteiger charge is 2.10. The number of halogens is 1. The van der Waals surface area contributed by atoms with Crippen LogP contribution in [0.15, 0.2) is 36.4 Å². The van der Waals surface area contributed by atoms with Gasteiger partial charge in [-0.1, -0.05) is 6.07 Å². The zero-order chi connectivity index (χ0) is 14.5. The Bertz CT molecular complexity index is 566. The lowest BCUT2D eigenvalue weighted by Gasteiger charge is -2.23. The van der Waals surface area contributed by atoms with E-state index in [4.69, 9.17) is 0 Å². The van der Waals surface area contributed by atoms with E-state index in [1.165, 1.54) is 17.7 Å². The van der Waals surface area contributed by atoms with Gasteiger partial charge >= 0.3 is 0 Å². The molecule has 2 aromatic rings. The summed E-state index contributed by atoms with van der Waals surface area (Å²) in [5.74, 6) is 0.662. The molecule has 0 saturated carbocycles. The molecular weight excluding hydrogens is 253 g/mol. The summed E-state index contributed by atoms with van der Waals surface area (Å²) < 4.78 is 13.0. The van der Waals surface area contributed by atoms with Gasteiger partial charge < -0.3 is 10.2 Å². The molecule has 20 heavy (non-hydrogen) atoms. The molecule has 106 valence electrons. The summed E-state index contributed by atoms with van der Waals surface area (Å²) in [5.41, 5.74) is 3.14. The molecule has 0 atom stereocenters. The SMILES string of the molecule is CCN(c1ccc(F)cc1)c1ccc(CNC)c(C)n1. The van der Waals surface area contributed by atoms with Gasteiger partial charge in [0.2, 0.25) is 0 Å². The van der Waals surface area contributed by atoms with Crippen LogP contribution in [0.4, 0.5) is 15.9 Å². The van der Waals surface area contributed by atoms with Gasteiger partial charge in [0.25, 0.3) is 0 Å². The molecule has 0 amide bonds. The molecule has 0 saturated heterocycles. The van der Waals surface area contributed by atoms with Gasteiger partial charge in [-0.25, -0.2) is 9.37 Å². The van der Waals surface area contributed by atoms with E-state index in [1.54, 1.807) is 12.1 Å². The Balaban J connectivity index is 2.32. The van der Waals surface area contributed by atoms with Crippen LogP contribution >= 0.6 is 0 Å². The first-order valence-electron chi connectivity index (χ1n) is 6.80. The summed E-state index contributed by atoms with van der Waals surface area (Å²) in [7, 11) is 1.92. The molecule has 0 aliphatic heterocycles. The number of hydrogen-bond donors (Lipinski definition) is 1. The Labute approximate surface area is 119 Å². The van der Waals surface area contributed by atoms with E-state index in [2.05, 4.69) is 28.2 Å². The zero-order valence-corrected chi connectivity index (χ0v) is 12.2. The molecule has 3 nitrogen and oxygen atoms in total. The third kappa shape index (κ3) is 3.14. The summed E-state index contributed by atoms with van der Waals surface area (Å²) in [6, 6.07) is 10.6. The maximum absolute atomic E-state index is 13.0. The molecule has 0 fully saturated rings. The highest BCUT2D eigenvalue weighted by atomic mass is 19.1. The Morgan fingerprint density at radius 1 is 1.15 bits per heavy atom. The van der Waals surface area contributed by atoms with E-state index >= 15 is 0 Å². The minimum Gasteiger partial charge on any atom is -0.327 e. The van der Waals surface area contributed by atoms with Crippen LogP contribution in [0, 0.1) is 12.7 Å². The molecule has 0 spiro atoms. The van der Waals surface area contributed by atoms with Crippen LogP contribution in [0.25, 0.3) is 0 Å². The number of nitrogens with one attached hydrogen (secondary N) is 1. The van der Waals surface area contributed by atoms with Gasteiger partial charge in [0.1, 0.15) is 11.6 Å². The van der Waals surface area contributed by atoms with Gasteiger partial charge in [-0.3, -0.25) is 0 Å². The van der Waals surface area contributed by atoms with Crippen LogP contribution in [0.1, 0.15) is 18.2 Å². The van der Waals surface area contributed by atoms with E-state index in [1.807, 2.05) is 20.0 Å². The molecule has 1 heterocycles. The Morgan fingerprint density at radius 3 is 2.40 bits per heavy atom. The van der Waals surface area contributed by atoms with E-state index in [0.717, 1.165) is 30.3 Å². The highest BCUT2D eigenvalue weighted by molar-refractivity contribution is 5.60. The molecule has 0 radical (unpaired) electrons. The van der Waals surface area contributed by atoms with Crippen LogP contribution in [-0.2, 0) is 6.54 Å².